The summed E-state index contributed by atoms with van der Waals surface area (Å²) in [6.45, 7) is 7.06. The lowest BCUT2D eigenvalue weighted by Crippen LogP contribution is -2.40. The van der Waals surface area contributed by atoms with E-state index >= 15 is 0 Å². The van der Waals surface area contributed by atoms with Crippen LogP contribution >= 0.6 is 0 Å². The Morgan fingerprint density at radius 2 is 1.95 bits per heavy atom. The van der Waals surface area contributed by atoms with Gasteiger partial charge in [0, 0.05) is 31.1 Å². The Morgan fingerprint density at radius 3 is 2.65 bits per heavy atom. The molecule has 0 aliphatic carbocycles. The van der Waals surface area contributed by atoms with Gasteiger partial charge in [0.2, 0.25) is 0 Å². The molecule has 1 N–H and O–H groups in total. The van der Waals surface area contributed by atoms with Gasteiger partial charge in [0.1, 0.15) is 0 Å². The number of rotatable bonds is 3. The maximum absolute atomic E-state index is 8.71. The summed E-state index contributed by atoms with van der Waals surface area (Å²) in [5.41, 5.74) is 2.39. The lowest BCUT2D eigenvalue weighted by atomic mass is 9.94. The molecule has 0 bridgehead atoms. The van der Waals surface area contributed by atoms with Gasteiger partial charge in [-0.1, -0.05) is 30.9 Å². The highest BCUT2D eigenvalue weighted by Gasteiger charge is 2.22. The number of nitrogens with zero attached hydrogens (tertiary/aromatic N) is 1. The molecule has 0 aromatic heterocycles. The molecule has 2 nitrogen and oxygen atoms in total. The number of hydrogen-bond acceptors (Lipinski definition) is 2. The molecule has 0 amide bonds. The summed E-state index contributed by atoms with van der Waals surface area (Å²) in [7, 11) is 0. The van der Waals surface area contributed by atoms with Gasteiger partial charge in [-0.15, -0.1) is 0 Å². The van der Waals surface area contributed by atoms with Crippen LogP contribution in [0.4, 0.5) is 0 Å². The van der Waals surface area contributed by atoms with Gasteiger partial charge >= 0.3 is 0 Å². The van der Waals surface area contributed by atoms with Gasteiger partial charge in [-0.05, 0) is 43.4 Å². The molecule has 1 aromatic rings. The van der Waals surface area contributed by atoms with Crippen molar-refractivity contribution in [1.29, 1.82) is 0 Å². The minimum atomic E-state index is 0.135. The molecule has 1 saturated heterocycles. The van der Waals surface area contributed by atoms with E-state index in [1.807, 2.05) is 0 Å². The largest absolute Gasteiger partial charge is 0.395 e. The van der Waals surface area contributed by atoms with Crippen LogP contribution in [0.3, 0.4) is 0 Å². The highest BCUT2D eigenvalue weighted by Crippen LogP contribution is 2.23. The molecule has 0 spiro atoms. The van der Waals surface area contributed by atoms with Crippen LogP contribution in [0.2, 0.25) is 0 Å². The molecular formula is C18H25NO. The minimum Gasteiger partial charge on any atom is -0.395 e. The Balaban J connectivity index is 1.95. The summed E-state index contributed by atoms with van der Waals surface area (Å²) in [5, 5.41) is 8.71. The molecule has 1 fully saturated rings. The van der Waals surface area contributed by atoms with Crippen molar-refractivity contribution in [3.8, 4) is 11.8 Å². The summed E-state index contributed by atoms with van der Waals surface area (Å²) >= 11 is 0. The molecule has 1 aliphatic heterocycles. The van der Waals surface area contributed by atoms with Crippen molar-refractivity contribution in [3.63, 3.8) is 0 Å². The Labute approximate surface area is 122 Å². The zero-order chi connectivity index (χ0) is 14.4. The molecule has 2 atom stereocenters. The Bertz CT molecular complexity index is 468. The first-order valence-electron chi connectivity index (χ1n) is 7.61. The highest BCUT2D eigenvalue weighted by atomic mass is 16.2. The molecule has 20 heavy (non-hydrogen) atoms. The van der Waals surface area contributed by atoms with E-state index in [4.69, 9.17) is 5.11 Å². The van der Waals surface area contributed by atoms with Gasteiger partial charge in [0.05, 0.1) is 6.61 Å². The average Bonchev–Trinajstić information content (AvgIpc) is 2.45. The molecule has 1 heterocycles. The van der Waals surface area contributed by atoms with Crippen LogP contribution in [0.15, 0.2) is 24.3 Å². The van der Waals surface area contributed by atoms with E-state index in [0.717, 1.165) is 18.0 Å². The van der Waals surface area contributed by atoms with Gasteiger partial charge in [-0.3, -0.25) is 4.90 Å². The first-order chi connectivity index (χ1) is 9.69. The molecule has 0 saturated carbocycles. The van der Waals surface area contributed by atoms with Crippen molar-refractivity contribution >= 4 is 0 Å². The second kappa shape index (κ2) is 7.47. The summed E-state index contributed by atoms with van der Waals surface area (Å²) < 4.78 is 0. The second-order valence-electron chi connectivity index (χ2n) is 5.93. The molecule has 2 rings (SSSR count). The SMILES string of the molecule is CC1CCC(C)N(Cc2ccc(C#CCCO)cc2)C1. The quantitative estimate of drug-likeness (QED) is 0.854. The maximum Gasteiger partial charge on any atom is 0.0540 e. The number of aliphatic hydroxyl groups excluding tert-OH is 1. The monoisotopic (exact) mass is 271 g/mol. The fraction of sp³-hybridized carbons (Fsp3) is 0.556. The number of likely N-dealkylation sites (tertiary alicyclic amines) is 1. The van der Waals surface area contributed by atoms with Crippen LogP contribution in [0.5, 0.6) is 0 Å². The molecular weight excluding hydrogens is 246 g/mol. The summed E-state index contributed by atoms with van der Waals surface area (Å²) in [5.74, 6) is 6.84. The molecule has 0 radical (unpaired) electrons. The third-order valence-electron chi connectivity index (χ3n) is 4.06. The smallest absolute Gasteiger partial charge is 0.0540 e. The van der Waals surface area contributed by atoms with Crippen LogP contribution in [-0.4, -0.2) is 29.2 Å². The minimum absolute atomic E-state index is 0.135. The van der Waals surface area contributed by atoms with Crippen LogP contribution in [0.1, 0.15) is 44.2 Å². The average molecular weight is 271 g/mol. The van der Waals surface area contributed by atoms with E-state index in [1.165, 1.54) is 24.9 Å². The lowest BCUT2D eigenvalue weighted by Gasteiger charge is -2.36. The molecule has 1 aromatic carbocycles. The van der Waals surface area contributed by atoms with Gasteiger partial charge in [0.15, 0.2) is 0 Å². The number of benzene rings is 1. The molecule has 108 valence electrons. The normalized spacial score (nSPS) is 23.1. The number of piperidine rings is 1. The number of aliphatic hydroxyl groups is 1. The third kappa shape index (κ3) is 4.37. The van der Waals surface area contributed by atoms with E-state index in [0.29, 0.717) is 12.5 Å². The highest BCUT2D eigenvalue weighted by molar-refractivity contribution is 5.36. The van der Waals surface area contributed by atoms with Crippen molar-refractivity contribution < 1.29 is 5.11 Å². The van der Waals surface area contributed by atoms with Crippen LogP contribution < -0.4 is 0 Å². The fourth-order valence-corrected chi connectivity index (χ4v) is 2.75. The first kappa shape index (κ1) is 15.1. The summed E-state index contributed by atoms with van der Waals surface area (Å²) in [4.78, 5) is 2.58. The second-order valence-corrected chi connectivity index (χ2v) is 5.93. The first-order valence-corrected chi connectivity index (χ1v) is 7.61. The van der Waals surface area contributed by atoms with Gasteiger partial charge in [-0.2, -0.15) is 0 Å². The van der Waals surface area contributed by atoms with Crippen LogP contribution in [-0.2, 0) is 6.54 Å². The summed E-state index contributed by atoms with van der Waals surface area (Å²) in [6.07, 6.45) is 3.22. The molecule has 1 aliphatic rings. The third-order valence-corrected chi connectivity index (χ3v) is 4.06. The van der Waals surface area contributed by atoms with E-state index < -0.39 is 0 Å². The van der Waals surface area contributed by atoms with Crippen molar-refractivity contribution in [2.75, 3.05) is 13.2 Å². The van der Waals surface area contributed by atoms with Crippen molar-refractivity contribution in [2.24, 2.45) is 5.92 Å². The van der Waals surface area contributed by atoms with Gasteiger partial charge in [0.25, 0.3) is 0 Å². The Kier molecular flexibility index (Phi) is 5.64. The Hall–Kier alpha value is -1.30. The predicted molar refractivity (Wildman–Crippen MR) is 83.3 cm³/mol. The molecule has 2 unspecified atom stereocenters. The van der Waals surface area contributed by atoms with E-state index in [9.17, 15) is 0 Å². The topological polar surface area (TPSA) is 23.5 Å². The van der Waals surface area contributed by atoms with E-state index in [-0.39, 0.29) is 6.61 Å². The predicted octanol–water partition coefficient (Wildman–Crippen LogP) is 3.04. The number of hydrogen-bond donors (Lipinski definition) is 1. The standard InChI is InChI=1S/C18H25NO/c1-15-6-7-16(2)19(13-15)14-18-10-8-17(9-11-18)5-3-4-12-20/h8-11,15-16,20H,4,6-7,12-14H2,1-2H3. The van der Waals surface area contributed by atoms with Gasteiger partial charge < -0.3 is 5.11 Å². The van der Waals surface area contributed by atoms with Crippen LogP contribution in [0.25, 0.3) is 0 Å². The van der Waals surface area contributed by atoms with E-state index in [2.05, 4.69) is 54.9 Å². The molecule has 2 heteroatoms. The van der Waals surface area contributed by atoms with E-state index in [1.54, 1.807) is 0 Å². The van der Waals surface area contributed by atoms with Crippen molar-refractivity contribution in [2.45, 2.75) is 45.7 Å². The lowest BCUT2D eigenvalue weighted by molar-refractivity contribution is 0.117. The fourth-order valence-electron chi connectivity index (χ4n) is 2.75. The Morgan fingerprint density at radius 1 is 1.20 bits per heavy atom. The van der Waals surface area contributed by atoms with Gasteiger partial charge in [-0.25, -0.2) is 0 Å². The maximum atomic E-state index is 8.71. The zero-order valence-corrected chi connectivity index (χ0v) is 12.6. The van der Waals surface area contributed by atoms with Crippen LogP contribution in [0, 0.1) is 17.8 Å². The zero-order valence-electron chi connectivity index (χ0n) is 12.6. The van der Waals surface area contributed by atoms with Crippen molar-refractivity contribution in [1.82, 2.24) is 4.90 Å². The van der Waals surface area contributed by atoms with Crippen molar-refractivity contribution in [3.05, 3.63) is 35.4 Å². The summed E-state index contributed by atoms with van der Waals surface area (Å²) in [6, 6.07) is 9.20.